The van der Waals surface area contributed by atoms with E-state index in [4.69, 9.17) is 4.74 Å². The fourth-order valence-electron chi connectivity index (χ4n) is 2.50. The molecule has 0 atom stereocenters. The normalized spacial score (nSPS) is 14.7. The van der Waals surface area contributed by atoms with E-state index >= 15 is 0 Å². The fourth-order valence-corrected chi connectivity index (χ4v) is 3.24. The van der Waals surface area contributed by atoms with Crippen molar-refractivity contribution in [3.63, 3.8) is 0 Å². The number of nitrogens with zero attached hydrogens (tertiary/aromatic N) is 4. The number of anilines is 1. The van der Waals surface area contributed by atoms with Gasteiger partial charge < -0.3 is 9.64 Å². The molecule has 1 fully saturated rings. The van der Waals surface area contributed by atoms with Crippen LogP contribution in [0.3, 0.4) is 0 Å². The van der Waals surface area contributed by atoms with Crippen molar-refractivity contribution in [2.45, 2.75) is 19.3 Å². The third-order valence-corrected chi connectivity index (χ3v) is 4.70. The number of rotatable bonds is 7. The molecule has 1 aliphatic heterocycles. The maximum Gasteiger partial charge on any atom is 0.232 e. The third kappa shape index (κ3) is 4.99. The molecule has 1 aliphatic rings. The monoisotopic (exact) mass is 348 g/mol. The number of benzene rings is 1. The van der Waals surface area contributed by atoms with Crippen LogP contribution < -0.4 is 9.75 Å². The lowest BCUT2D eigenvalue weighted by Crippen LogP contribution is -2.36. The summed E-state index contributed by atoms with van der Waals surface area (Å²) in [7, 11) is 3.23. The lowest BCUT2D eigenvalue weighted by Gasteiger charge is -2.27. The fraction of sp³-hybridized carbons (Fsp3) is 0.471. The lowest BCUT2D eigenvalue weighted by molar-refractivity contribution is -0.129. The summed E-state index contributed by atoms with van der Waals surface area (Å²) in [5.74, 6) is 1.29. The molecule has 0 aromatic heterocycles. The van der Waals surface area contributed by atoms with E-state index in [1.807, 2.05) is 29.2 Å². The minimum atomic E-state index is 0.156. The third-order valence-electron chi connectivity index (χ3n) is 3.80. The quantitative estimate of drug-likeness (QED) is 0.557. The Morgan fingerprint density at radius 3 is 2.54 bits per heavy atom. The Kier molecular flexibility index (Phi) is 7.11. The second-order valence-electron chi connectivity index (χ2n) is 5.42. The Balaban J connectivity index is 1.96. The predicted octanol–water partition coefficient (Wildman–Crippen LogP) is 3.72. The highest BCUT2D eigenvalue weighted by atomic mass is 32.2. The number of piperidine rings is 1. The molecule has 130 valence electrons. The molecule has 1 aromatic carbocycles. The van der Waals surface area contributed by atoms with Gasteiger partial charge in [0.25, 0.3) is 0 Å². The van der Waals surface area contributed by atoms with Crippen molar-refractivity contribution in [1.29, 1.82) is 0 Å². The van der Waals surface area contributed by atoms with Gasteiger partial charge in [0.2, 0.25) is 5.91 Å². The van der Waals surface area contributed by atoms with Gasteiger partial charge in [-0.3, -0.25) is 4.79 Å². The SMILES string of the molecule is C=C(SCC(=O)N1CCCCC1)N(N=NC)c1ccc(OC)cc1. The van der Waals surface area contributed by atoms with Gasteiger partial charge in [-0.15, -0.1) is 0 Å². The lowest BCUT2D eigenvalue weighted by atomic mass is 10.1. The zero-order chi connectivity index (χ0) is 17.4. The summed E-state index contributed by atoms with van der Waals surface area (Å²) in [5, 5.41) is 10.3. The van der Waals surface area contributed by atoms with Crippen molar-refractivity contribution < 1.29 is 9.53 Å². The molecule has 0 radical (unpaired) electrons. The summed E-state index contributed by atoms with van der Waals surface area (Å²) in [6.07, 6.45) is 3.41. The van der Waals surface area contributed by atoms with Crippen molar-refractivity contribution in [2.75, 3.05) is 38.0 Å². The van der Waals surface area contributed by atoms with Gasteiger partial charge >= 0.3 is 0 Å². The van der Waals surface area contributed by atoms with Crippen LogP contribution in [0.15, 0.2) is 46.2 Å². The highest BCUT2D eigenvalue weighted by Gasteiger charge is 2.18. The van der Waals surface area contributed by atoms with Gasteiger partial charge in [-0.1, -0.05) is 23.6 Å². The molecule has 0 saturated carbocycles. The van der Waals surface area contributed by atoms with Crippen LogP contribution >= 0.6 is 11.8 Å². The van der Waals surface area contributed by atoms with Gasteiger partial charge in [-0.05, 0) is 43.5 Å². The molecular formula is C17H24N4O2S. The van der Waals surface area contributed by atoms with E-state index < -0.39 is 0 Å². The number of likely N-dealkylation sites (tertiary alicyclic amines) is 1. The second-order valence-corrected chi connectivity index (χ2v) is 6.47. The van der Waals surface area contributed by atoms with Crippen molar-refractivity contribution in [2.24, 2.45) is 10.3 Å². The molecule has 7 heteroatoms. The van der Waals surface area contributed by atoms with E-state index in [-0.39, 0.29) is 5.91 Å². The van der Waals surface area contributed by atoms with Gasteiger partial charge in [0.1, 0.15) is 5.75 Å². The molecule has 0 aliphatic carbocycles. The first-order valence-electron chi connectivity index (χ1n) is 7.99. The first-order chi connectivity index (χ1) is 11.7. The predicted molar refractivity (Wildman–Crippen MR) is 98.3 cm³/mol. The average molecular weight is 348 g/mol. The highest BCUT2D eigenvalue weighted by molar-refractivity contribution is 8.03. The van der Waals surface area contributed by atoms with Crippen molar-refractivity contribution >= 4 is 23.4 Å². The summed E-state index contributed by atoms with van der Waals surface area (Å²) in [5.41, 5.74) is 0.823. The topological polar surface area (TPSA) is 57.5 Å². The van der Waals surface area contributed by atoms with Crippen LogP contribution in [0.4, 0.5) is 5.69 Å². The first kappa shape index (κ1) is 18.3. The number of carbonyl (C=O) groups is 1. The van der Waals surface area contributed by atoms with E-state index in [0.29, 0.717) is 10.8 Å². The van der Waals surface area contributed by atoms with Crippen LogP contribution in [0, 0.1) is 0 Å². The van der Waals surface area contributed by atoms with E-state index in [1.165, 1.54) is 18.2 Å². The summed E-state index contributed by atoms with van der Waals surface area (Å²) in [6.45, 7) is 5.77. The zero-order valence-corrected chi connectivity index (χ0v) is 15.1. The van der Waals surface area contributed by atoms with Crippen molar-refractivity contribution in [1.82, 2.24) is 4.90 Å². The van der Waals surface area contributed by atoms with Gasteiger partial charge in [0.05, 0.1) is 30.6 Å². The molecule has 0 spiro atoms. The Morgan fingerprint density at radius 1 is 1.29 bits per heavy atom. The van der Waals surface area contributed by atoms with Crippen LogP contribution in [0.1, 0.15) is 19.3 Å². The molecule has 1 aromatic rings. The number of hydrogen-bond donors (Lipinski definition) is 0. The Hall–Kier alpha value is -2.02. The maximum atomic E-state index is 12.3. The van der Waals surface area contributed by atoms with Crippen LogP contribution in [0.25, 0.3) is 0 Å². The number of thioether (sulfide) groups is 1. The first-order valence-corrected chi connectivity index (χ1v) is 8.97. The van der Waals surface area contributed by atoms with E-state index in [9.17, 15) is 4.79 Å². The molecule has 1 amide bonds. The standard InChI is InChI=1S/C17H24N4O2S/c1-14(24-13-17(22)20-11-5-4-6-12-20)21(19-18-2)15-7-9-16(23-3)10-8-15/h7-10H,1,4-6,11-13H2,2-3H3. The molecule has 2 rings (SSSR count). The summed E-state index contributed by atoms with van der Waals surface area (Å²) in [6, 6.07) is 7.46. The summed E-state index contributed by atoms with van der Waals surface area (Å²) in [4.78, 5) is 14.2. The second kappa shape index (κ2) is 9.32. The van der Waals surface area contributed by atoms with Crippen LogP contribution in [-0.4, -0.2) is 43.8 Å². The van der Waals surface area contributed by atoms with Gasteiger partial charge in [-0.25, -0.2) is 5.01 Å². The summed E-state index contributed by atoms with van der Waals surface area (Å²) < 4.78 is 5.17. The van der Waals surface area contributed by atoms with E-state index in [1.54, 1.807) is 19.2 Å². The van der Waals surface area contributed by atoms with Gasteiger partial charge in [0, 0.05) is 13.1 Å². The van der Waals surface area contributed by atoms with Crippen LogP contribution in [0.2, 0.25) is 0 Å². The largest absolute Gasteiger partial charge is 0.497 e. The number of amides is 1. The number of hydrogen-bond acceptors (Lipinski definition) is 5. The van der Waals surface area contributed by atoms with Crippen molar-refractivity contribution in [3.05, 3.63) is 35.9 Å². The minimum Gasteiger partial charge on any atom is -0.497 e. The Bertz CT molecular complexity index is 583. The molecule has 0 bridgehead atoms. The van der Waals surface area contributed by atoms with Gasteiger partial charge in [0.15, 0.2) is 0 Å². The molecule has 1 heterocycles. The molecular weight excluding hydrogens is 324 g/mol. The molecule has 0 unspecified atom stereocenters. The zero-order valence-electron chi connectivity index (χ0n) is 14.3. The molecule has 1 saturated heterocycles. The number of ether oxygens (including phenoxy) is 1. The Morgan fingerprint density at radius 2 is 1.96 bits per heavy atom. The number of methoxy groups -OCH3 is 1. The smallest absolute Gasteiger partial charge is 0.232 e. The maximum absolute atomic E-state index is 12.3. The number of carbonyl (C=O) groups excluding carboxylic acids is 1. The van der Waals surface area contributed by atoms with E-state index in [0.717, 1.165) is 37.4 Å². The highest BCUT2D eigenvalue weighted by Crippen LogP contribution is 2.28. The van der Waals surface area contributed by atoms with E-state index in [2.05, 4.69) is 16.9 Å². The van der Waals surface area contributed by atoms with Crippen LogP contribution in [0.5, 0.6) is 5.75 Å². The summed E-state index contributed by atoms with van der Waals surface area (Å²) >= 11 is 1.39. The molecule has 24 heavy (non-hydrogen) atoms. The average Bonchev–Trinajstić information content (AvgIpc) is 2.64. The minimum absolute atomic E-state index is 0.156. The van der Waals surface area contributed by atoms with Crippen LogP contribution in [-0.2, 0) is 4.79 Å². The Labute approximate surface area is 147 Å². The molecule has 0 N–H and O–H groups in total. The molecule has 6 nitrogen and oxygen atoms in total. The van der Waals surface area contributed by atoms with Crippen molar-refractivity contribution in [3.8, 4) is 5.75 Å². The van der Waals surface area contributed by atoms with Gasteiger partial charge in [-0.2, -0.15) is 5.11 Å².